The summed E-state index contributed by atoms with van der Waals surface area (Å²) in [4.78, 5) is 33.2. The van der Waals surface area contributed by atoms with Gasteiger partial charge in [0.05, 0.1) is 17.1 Å². The summed E-state index contributed by atoms with van der Waals surface area (Å²) in [7, 11) is 0. The fourth-order valence-electron chi connectivity index (χ4n) is 5.09. The number of rotatable bonds is 9. The molecule has 0 spiro atoms. The highest BCUT2D eigenvalue weighted by atomic mass is 35.5. The van der Waals surface area contributed by atoms with E-state index in [2.05, 4.69) is 44.4 Å². The van der Waals surface area contributed by atoms with Gasteiger partial charge >= 0.3 is 0 Å². The van der Waals surface area contributed by atoms with Gasteiger partial charge in [-0.2, -0.15) is 5.26 Å². The normalized spacial score (nSPS) is 16.8. The molecule has 0 radical (unpaired) electrons. The van der Waals surface area contributed by atoms with Gasteiger partial charge in [0.2, 0.25) is 5.95 Å². The van der Waals surface area contributed by atoms with Gasteiger partial charge in [-0.15, -0.1) is 0 Å². The molecule has 9 nitrogen and oxygen atoms in total. The highest BCUT2D eigenvalue weighted by Crippen LogP contribution is 2.28. The van der Waals surface area contributed by atoms with Crippen LogP contribution in [0.4, 0.5) is 5.95 Å². The van der Waals surface area contributed by atoms with Gasteiger partial charge < -0.3 is 20.5 Å². The van der Waals surface area contributed by atoms with Crippen molar-refractivity contribution in [3.8, 4) is 6.07 Å². The van der Waals surface area contributed by atoms with Crippen molar-refractivity contribution in [2.75, 3.05) is 11.9 Å². The lowest BCUT2D eigenvalue weighted by Gasteiger charge is -2.28. The number of nitrogens with zero attached hydrogens (tertiary/aromatic N) is 4. The number of anilines is 1. The number of benzene rings is 2. The maximum Gasteiger partial charge on any atom is 0.264 e. The van der Waals surface area contributed by atoms with Gasteiger partial charge in [-0.25, -0.2) is 4.98 Å². The Morgan fingerprint density at radius 3 is 2.51 bits per heavy atom. The Morgan fingerprint density at radius 2 is 1.88 bits per heavy atom. The number of amides is 2. The van der Waals surface area contributed by atoms with Crippen molar-refractivity contribution in [1.82, 2.24) is 19.8 Å². The number of fused-ring (bicyclic) bond motifs is 1. The second kappa shape index (κ2) is 12.9. The van der Waals surface area contributed by atoms with Crippen LogP contribution in [0.5, 0.6) is 0 Å². The van der Waals surface area contributed by atoms with E-state index in [0.717, 1.165) is 29.4 Å². The zero-order chi connectivity index (χ0) is 31.5. The summed E-state index contributed by atoms with van der Waals surface area (Å²) in [6, 6.07) is 14.9. The van der Waals surface area contributed by atoms with Crippen LogP contribution in [-0.2, 0) is 17.9 Å². The molecule has 2 unspecified atom stereocenters. The van der Waals surface area contributed by atoms with E-state index in [4.69, 9.17) is 22.3 Å². The molecule has 1 aromatic heterocycles. The van der Waals surface area contributed by atoms with E-state index in [9.17, 15) is 14.9 Å². The van der Waals surface area contributed by atoms with Crippen molar-refractivity contribution >= 4 is 40.4 Å². The average Bonchev–Trinajstić information content (AvgIpc) is 3.53. The zero-order valence-electron chi connectivity index (χ0n) is 25.9. The van der Waals surface area contributed by atoms with Crippen LogP contribution < -0.4 is 16.4 Å². The number of nitriles is 1. The first kappa shape index (κ1) is 32.2. The van der Waals surface area contributed by atoms with Crippen molar-refractivity contribution in [3.05, 3.63) is 70.3 Å². The first-order valence-electron chi connectivity index (χ1n) is 14.7. The highest BCUT2D eigenvalue weighted by Gasteiger charge is 2.33. The number of nitrogens with two attached hydrogens (primary N) is 1. The summed E-state index contributed by atoms with van der Waals surface area (Å²) >= 11 is 6.03. The zero-order valence-corrected chi connectivity index (χ0v) is 26.6. The van der Waals surface area contributed by atoms with Crippen LogP contribution >= 0.6 is 11.6 Å². The molecular formula is C33H42ClN7O2. The Balaban J connectivity index is 1.67. The van der Waals surface area contributed by atoms with E-state index < -0.39 is 5.54 Å². The number of likely N-dealkylation sites (tertiary alicyclic amines) is 1. The number of imidazole rings is 1. The van der Waals surface area contributed by atoms with Gasteiger partial charge in [0.15, 0.2) is 0 Å². The van der Waals surface area contributed by atoms with Gasteiger partial charge in [-0.1, -0.05) is 38.4 Å². The van der Waals surface area contributed by atoms with E-state index in [0.29, 0.717) is 42.2 Å². The van der Waals surface area contributed by atoms with Gasteiger partial charge in [0.25, 0.3) is 11.8 Å². The van der Waals surface area contributed by atoms with Crippen molar-refractivity contribution < 1.29 is 9.59 Å². The van der Waals surface area contributed by atoms with Crippen LogP contribution in [0.2, 0.25) is 5.02 Å². The maximum atomic E-state index is 13.4. The molecule has 1 saturated heterocycles. The smallest absolute Gasteiger partial charge is 0.264 e. The summed E-state index contributed by atoms with van der Waals surface area (Å²) in [6.45, 7) is 13.9. The lowest BCUT2D eigenvalue weighted by atomic mass is 9.88. The summed E-state index contributed by atoms with van der Waals surface area (Å²) in [5, 5.41) is 16.8. The fraction of sp³-hybridized carbons (Fsp3) is 0.455. The molecule has 0 bridgehead atoms. The molecule has 2 atom stereocenters. The molecule has 4 N–H and O–H groups in total. The topological polar surface area (TPSA) is 129 Å². The molecule has 4 rings (SSSR count). The van der Waals surface area contributed by atoms with Crippen LogP contribution in [0.25, 0.3) is 11.0 Å². The SMILES string of the molecule is CC(NCc1ccc2c(c1)nc(NC(=O)c1ccc(Cl)cc1)n2CC1CCCN1C(=O)C(C#N)=CC(C)(C)N)C(C)(C)C. The first-order valence-corrected chi connectivity index (χ1v) is 15.1. The predicted molar refractivity (Wildman–Crippen MR) is 172 cm³/mol. The monoisotopic (exact) mass is 603 g/mol. The van der Waals surface area contributed by atoms with E-state index in [1.54, 1.807) is 43.0 Å². The first-order chi connectivity index (χ1) is 20.2. The van der Waals surface area contributed by atoms with Crippen molar-refractivity contribution in [1.29, 1.82) is 5.26 Å². The molecule has 2 heterocycles. The predicted octanol–water partition coefficient (Wildman–Crippen LogP) is 5.64. The third kappa shape index (κ3) is 8.02. The third-order valence-corrected chi connectivity index (χ3v) is 8.21. The average molecular weight is 604 g/mol. The van der Waals surface area contributed by atoms with Crippen LogP contribution in [-0.4, -0.2) is 50.4 Å². The summed E-state index contributed by atoms with van der Waals surface area (Å²) in [5.41, 5.74) is 8.56. The quantitative estimate of drug-likeness (QED) is 0.214. The number of halogens is 1. The molecule has 43 heavy (non-hydrogen) atoms. The summed E-state index contributed by atoms with van der Waals surface area (Å²) in [5.74, 6) is -0.254. The molecular weight excluding hydrogens is 562 g/mol. The molecule has 0 saturated carbocycles. The van der Waals surface area contributed by atoms with Crippen LogP contribution in [0.15, 0.2) is 54.1 Å². The Morgan fingerprint density at radius 1 is 1.19 bits per heavy atom. The minimum Gasteiger partial charge on any atom is -0.333 e. The molecule has 2 amide bonds. The largest absolute Gasteiger partial charge is 0.333 e. The lowest BCUT2D eigenvalue weighted by Crippen LogP contribution is -2.40. The van der Waals surface area contributed by atoms with E-state index >= 15 is 0 Å². The van der Waals surface area contributed by atoms with E-state index in [-0.39, 0.29) is 28.8 Å². The molecule has 1 aliphatic heterocycles. The van der Waals surface area contributed by atoms with Gasteiger partial charge in [-0.05, 0) is 87.1 Å². The molecule has 228 valence electrons. The number of nitrogens with one attached hydrogen (secondary N) is 2. The van der Waals surface area contributed by atoms with Gasteiger partial charge in [-0.3, -0.25) is 14.9 Å². The van der Waals surface area contributed by atoms with Gasteiger partial charge in [0.1, 0.15) is 11.6 Å². The molecule has 0 aliphatic carbocycles. The van der Waals surface area contributed by atoms with E-state index in [1.807, 2.05) is 22.8 Å². The third-order valence-electron chi connectivity index (χ3n) is 7.95. The molecule has 2 aromatic carbocycles. The highest BCUT2D eigenvalue weighted by molar-refractivity contribution is 6.30. The van der Waals surface area contributed by atoms with Gasteiger partial charge in [0, 0.05) is 41.8 Å². The minimum atomic E-state index is -0.799. The number of carbonyl (C=O) groups excluding carboxylic acids is 2. The van der Waals surface area contributed by atoms with Crippen LogP contribution in [0.3, 0.4) is 0 Å². The molecule has 3 aromatic rings. The number of hydrogen-bond acceptors (Lipinski definition) is 6. The van der Waals surface area contributed by atoms with E-state index in [1.165, 1.54) is 6.08 Å². The number of hydrogen-bond donors (Lipinski definition) is 3. The second-order valence-corrected chi connectivity index (χ2v) is 13.5. The Hall–Kier alpha value is -3.71. The Kier molecular flexibility index (Phi) is 9.65. The lowest BCUT2D eigenvalue weighted by molar-refractivity contribution is -0.127. The Labute approximate surface area is 259 Å². The van der Waals surface area contributed by atoms with Crippen LogP contribution in [0, 0.1) is 16.7 Å². The fourth-order valence-corrected chi connectivity index (χ4v) is 5.22. The Bertz CT molecular complexity index is 1560. The minimum absolute atomic E-state index is 0.0350. The number of carbonyl (C=O) groups is 2. The standard InChI is InChI=1S/C33H42ClN7O2/c1-21(32(2,3)4)37-19-22-9-14-28-27(16-22)38-31(39-29(42)23-10-12-25(34)13-11-23)41(28)20-26-8-7-15-40(26)30(43)24(18-35)17-33(5,6)36/h9-14,16-17,21,26,37H,7-8,15,19-20,36H2,1-6H3,(H,38,39,42). The molecule has 1 fully saturated rings. The molecule has 1 aliphatic rings. The maximum absolute atomic E-state index is 13.4. The van der Waals surface area contributed by atoms with Crippen molar-refractivity contribution in [2.45, 2.75) is 85.1 Å². The van der Waals surface area contributed by atoms with Crippen molar-refractivity contribution in [2.24, 2.45) is 11.1 Å². The number of aromatic nitrogens is 2. The van der Waals surface area contributed by atoms with Crippen molar-refractivity contribution in [3.63, 3.8) is 0 Å². The summed E-state index contributed by atoms with van der Waals surface area (Å²) in [6.07, 6.45) is 3.08. The summed E-state index contributed by atoms with van der Waals surface area (Å²) < 4.78 is 1.96. The van der Waals surface area contributed by atoms with Crippen LogP contribution in [0.1, 0.15) is 70.3 Å². The second-order valence-electron chi connectivity index (χ2n) is 13.1. The molecule has 10 heteroatoms.